The molecule has 0 heterocycles. The van der Waals surface area contributed by atoms with E-state index in [2.05, 4.69) is 30.8 Å². The molecule has 68 valence electrons. The second-order valence-corrected chi connectivity index (χ2v) is 3.89. The van der Waals surface area contributed by atoms with Gasteiger partial charge < -0.3 is 0 Å². The predicted octanol–water partition coefficient (Wildman–Crippen LogP) is 3.37. The van der Waals surface area contributed by atoms with E-state index in [0.717, 1.165) is 12.3 Å². The van der Waals surface area contributed by atoms with E-state index < -0.39 is 0 Å². The minimum Gasteiger partial charge on any atom is -0.0903 e. The van der Waals surface area contributed by atoms with Crippen LogP contribution in [0.25, 0.3) is 10.4 Å². The first-order valence-corrected chi connectivity index (χ1v) is 4.74. The molecule has 0 saturated heterocycles. The average molecular weight is 167 g/mol. The predicted molar refractivity (Wildman–Crippen MR) is 49.7 cm³/mol. The van der Waals surface area contributed by atoms with Crippen LogP contribution in [0.3, 0.4) is 0 Å². The molecule has 12 heavy (non-hydrogen) atoms. The van der Waals surface area contributed by atoms with Crippen molar-refractivity contribution in [3.63, 3.8) is 0 Å². The van der Waals surface area contributed by atoms with Gasteiger partial charge in [0.1, 0.15) is 0 Å². The summed E-state index contributed by atoms with van der Waals surface area (Å²) >= 11 is 0. The summed E-state index contributed by atoms with van der Waals surface area (Å²) in [5, 5.41) is 3.83. The standard InChI is InChI=1S/C9H17N3/c1-4-8-5-9(11-12-10)7(3)6(8)2/h6-9H,4-5H2,1-3H3/t6?,7?,8-,9+/m0/s1. The lowest BCUT2D eigenvalue weighted by molar-refractivity contribution is 0.344. The molecule has 4 atom stereocenters. The summed E-state index contributed by atoms with van der Waals surface area (Å²) in [6.45, 7) is 6.68. The second-order valence-electron chi connectivity index (χ2n) is 3.89. The molecular formula is C9H17N3. The van der Waals surface area contributed by atoms with E-state index in [1.54, 1.807) is 0 Å². The lowest BCUT2D eigenvalue weighted by atomic mass is 9.90. The van der Waals surface area contributed by atoms with Crippen molar-refractivity contribution in [2.24, 2.45) is 22.9 Å². The summed E-state index contributed by atoms with van der Waals surface area (Å²) in [7, 11) is 0. The zero-order chi connectivity index (χ0) is 9.14. The zero-order valence-corrected chi connectivity index (χ0v) is 8.07. The van der Waals surface area contributed by atoms with Crippen LogP contribution in [0.1, 0.15) is 33.6 Å². The molecule has 1 aliphatic carbocycles. The van der Waals surface area contributed by atoms with Gasteiger partial charge in [0.05, 0.1) is 0 Å². The van der Waals surface area contributed by atoms with Crippen LogP contribution in [-0.2, 0) is 0 Å². The van der Waals surface area contributed by atoms with Crippen LogP contribution < -0.4 is 0 Å². The third-order valence-corrected chi connectivity index (χ3v) is 3.45. The van der Waals surface area contributed by atoms with Crippen molar-refractivity contribution in [1.29, 1.82) is 0 Å². The van der Waals surface area contributed by atoms with Crippen LogP contribution in [0.4, 0.5) is 0 Å². The van der Waals surface area contributed by atoms with Gasteiger partial charge >= 0.3 is 0 Å². The van der Waals surface area contributed by atoms with Crippen molar-refractivity contribution in [2.75, 3.05) is 0 Å². The van der Waals surface area contributed by atoms with E-state index in [1.165, 1.54) is 6.42 Å². The fourth-order valence-electron chi connectivity index (χ4n) is 2.28. The SMILES string of the molecule is CC[C@H]1C[C@@H](N=[N+]=[N-])C(C)C1C. The molecule has 1 rings (SSSR count). The number of nitrogens with zero attached hydrogens (tertiary/aromatic N) is 3. The quantitative estimate of drug-likeness (QED) is 0.344. The Bertz CT molecular complexity index is 196. The second kappa shape index (κ2) is 3.81. The van der Waals surface area contributed by atoms with Crippen molar-refractivity contribution in [3.8, 4) is 0 Å². The molecule has 0 aromatic carbocycles. The highest BCUT2D eigenvalue weighted by atomic mass is 15.2. The monoisotopic (exact) mass is 167 g/mol. The van der Waals surface area contributed by atoms with Crippen LogP contribution >= 0.6 is 0 Å². The Balaban J connectivity index is 2.66. The van der Waals surface area contributed by atoms with E-state index in [0.29, 0.717) is 11.8 Å². The number of hydrogen-bond donors (Lipinski definition) is 0. The van der Waals surface area contributed by atoms with Gasteiger partial charge in [-0.25, -0.2) is 0 Å². The molecule has 0 aliphatic heterocycles. The van der Waals surface area contributed by atoms with Crippen molar-refractivity contribution in [1.82, 2.24) is 0 Å². The summed E-state index contributed by atoms with van der Waals surface area (Å²) in [5.74, 6) is 2.03. The lowest BCUT2D eigenvalue weighted by Gasteiger charge is -2.16. The molecule has 0 N–H and O–H groups in total. The molecule has 0 amide bonds. The minimum absolute atomic E-state index is 0.245. The van der Waals surface area contributed by atoms with E-state index in [1.807, 2.05) is 0 Å². The van der Waals surface area contributed by atoms with Gasteiger partial charge in [-0.2, -0.15) is 0 Å². The smallest absolute Gasteiger partial charge is 0.0405 e. The highest BCUT2D eigenvalue weighted by molar-refractivity contribution is 4.90. The first-order valence-electron chi connectivity index (χ1n) is 4.74. The maximum absolute atomic E-state index is 8.35. The third-order valence-electron chi connectivity index (χ3n) is 3.45. The highest BCUT2D eigenvalue weighted by Gasteiger charge is 2.35. The van der Waals surface area contributed by atoms with Gasteiger partial charge in [0.25, 0.3) is 0 Å². The number of azide groups is 1. The van der Waals surface area contributed by atoms with Crippen LogP contribution in [0.2, 0.25) is 0 Å². The van der Waals surface area contributed by atoms with Crippen LogP contribution in [-0.4, -0.2) is 6.04 Å². The fraction of sp³-hybridized carbons (Fsp3) is 1.00. The number of rotatable bonds is 2. The molecule has 2 unspecified atom stereocenters. The first-order chi connectivity index (χ1) is 5.70. The van der Waals surface area contributed by atoms with Crippen LogP contribution in [0.15, 0.2) is 5.11 Å². The van der Waals surface area contributed by atoms with Crippen molar-refractivity contribution >= 4 is 0 Å². The normalized spacial score (nSPS) is 40.9. The van der Waals surface area contributed by atoms with Crippen molar-refractivity contribution < 1.29 is 0 Å². The zero-order valence-electron chi connectivity index (χ0n) is 8.07. The Kier molecular flexibility index (Phi) is 2.99. The molecule has 3 nitrogen and oxygen atoms in total. The van der Waals surface area contributed by atoms with Gasteiger partial charge in [-0.05, 0) is 29.7 Å². The van der Waals surface area contributed by atoms with Gasteiger partial charge in [0.2, 0.25) is 0 Å². The van der Waals surface area contributed by atoms with Crippen LogP contribution in [0, 0.1) is 17.8 Å². The Morgan fingerprint density at radius 2 is 2.08 bits per heavy atom. The van der Waals surface area contributed by atoms with E-state index in [4.69, 9.17) is 5.53 Å². The Morgan fingerprint density at radius 3 is 2.50 bits per heavy atom. The molecular weight excluding hydrogens is 150 g/mol. The first kappa shape index (κ1) is 9.40. The Morgan fingerprint density at radius 1 is 1.42 bits per heavy atom. The topological polar surface area (TPSA) is 48.8 Å². The maximum Gasteiger partial charge on any atom is 0.0405 e. The van der Waals surface area contributed by atoms with Gasteiger partial charge in [0, 0.05) is 11.0 Å². The van der Waals surface area contributed by atoms with Crippen molar-refractivity contribution in [2.45, 2.75) is 39.7 Å². The van der Waals surface area contributed by atoms with Gasteiger partial charge in [-0.3, -0.25) is 0 Å². The molecule has 1 fully saturated rings. The molecule has 1 aliphatic rings. The maximum atomic E-state index is 8.35. The van der Waals surface area contributed by atoms with Crippen LogP contribution in [0.5, 0.6) is 0 Å². The summed E-state index contributed by atoms with van der Waals surface area (Å²) < 4.78 is 0. The summed E-state index contributed by atoms with van der Waals surface area (Å²) in [6, 6.07) is 0.245. The molecule has 0 bridgehead atoms. The Hall–Kier alpha value is -0.690. The van der Waals surface area contributed by atoms with E-state index in [-0.39, 0.29) is 6.04 Å². The van der Waals surface area contributed by atoms with Gasteiger partial charge in [-0.1, -0.05) is 32.3 Å². The molecule has 0 aromatic heterocycles. The lowest BCUT2D eigenvalue weighted by Crippen LogP contribution is -2.12. The van der Waals surface area contributed by atoms with Gasteiger partial charge in [-0.15, -0.1) is 0 Å². The van der Waals surface area contributed by atoms with Crippen molar-refractivity contribution in [3.05, 3.63) is 10.4 Å². The summed E-state index contributed by atoms with van der Waals surface area (Å²) in [6.07, 6.45) is 2.30. The molecule has 1 saturated carbocycles. The minimum atomic E-state index is 0.245. The van der Waals surface area contributed by atoms with Gasteiger partial charge in [0.15, 0.2) is 0 Å². The van der Waals surface area contributed by atoms with E-state index in [9.17, 15) is 0 Å². The summed E-state index contributed by atoms with van der Waals surface area (Å²) in [4.78, 5) is 2.90. The largest absolute Gasteiger partial charge is 0.0903 e. The molecule has 0 radical (unpaired) electrons. The average Bonchev–Trinajstić information content (AvgIpc) is 2.33. The Labute approximate surface area is 73.8 Å². The highest BCUT2D eigenvalue weighted by Crippen LogP contribution is 2.40. The van der Waals surface area contributed by atoms with E-state index >= 15 is 0 Å². The number of hydrogen-bond acceptors (Lipinski definition) is 1. The molecule has 0 aromatic rings. The third kappa shape index (κ3) is 1.56. The molecule has 3 heteroatoms. The molecule has 0 spiro atoms. The summed E-state index contributed by atoms with van der Waals surface area (Å²) in [5.41, 5.74) is 8.35. The fourth-order valence-corrected chi connectivity index (χ4v) is 2.28.